The predicted octanol–water partition coefficient (Wildman–Crippen LogP) is 7.57. The summed E-state index contributed by atoms with van der Waals surface area (Å²) in [4.78, 5) is 0. The molecule has 160 valence electrons. The Morgan fingerprint density at radius 1 is 0.812 bits per heavy atom. The Hall–Kier alpha value is -3.01. The van der Waals surface area contributed by atoms with Gasteiger partial charge < -0.3 is 5.32 Å². The summed E-state index contributed by atoms with van der Waals surface area (Å²) in [6.45, 7) is 6.32. The number of nitrogens with one attached hydrogen (secondary N) is 1. The van der Waals surface area contributed by atoms with E-state index in [-0.39, 0.29) is 0 Å². The maximum absolute atomic E-state index is 6.18. The second-order valence-electron chi connectivity index (χ2n) is 8.46. The van der Waals surface area contributed by atoms with Gasteiger partial charge in [-0.15, -0.1) is 0 Å². The van der Waals surface area contributed by atoms with Crippen LogP contribution in [0.5, 0.6) is 0 Å². The topological polar surface area (TPSA) is 29.9 Å². The first-order valence-corrected chi connectivity index (χ1v) is 11.3. The molecule has 1 aliphatic rings. The molecule has 1 aliphatic heterocycles. The highest BCUT2D eigenvalue weighted by molar-refractivity contribution is 6.30. The third kappa shape index (κ3) is 3.62. The lowest BCUT2D eigenvalue weighted by Gasteiger charge is -2.35. The molecule has 4 aromatic rings. The number of nitrogens with zero attached hydrogens (tertiary/aromatic N) is 2. The van der Waals surface area contributed by atoms with E-state index in [2.05, 4.69) is 80.7 Å². The second-order valence-corrected chi connectivity index (χ2v) is 9.33. The Morgan fingerprint density at radius 2 is 1.41 bits per heavy atom. The smallest absolute Gasteiger partial charge is 0.138 e. The standard InChI is InChI=1S/C27H23Cl2N3/c1-17-4-14-23(15-5-17)32-26-25(18(2)31-32)24(19-6-10-21(28)11-7-19)16-27(3,30-26)20-8-12-22(29)13-9-20/h4-16,30H,1-3H3. The molecule has 1 aromatic heterocycles. The second kappa shape index (κ2) is 7.84. The van der Waals surface area contributed by atoms with Gasteiger partial charge in [-0.1, -0.05) is 65.2 Å². The van der Waals surface area contributed by atoms with E-state index in [0.717, 1.165) is 49.5 Å². The summed E-state index contributed by atoms with van der Waals surface area (Å²) in [5.41, 5.74) is 7.18. The van der Waals surface area contributed by atoms with Crippen molar-refractivity contribution < 1.29 is 0 Å². The summed E-state index contributed by atoms with van der Waals surface area (Å²) in [6.07, 6.45) is 2.27. The molecule has 3 aromatic carbocycles. The maximum Gasteiger partial charge on any atom is 0.138 e. The van der Waals surface area contributed by atoms with E-state index < -0.39 is 5.54 Å². The van der Waals surface area contributed by atoms with Crippen LogP contribution in [-0.4, -0.2) is 9.78 Å². The van der Waals surface area contributed by atoms with Crippen LogP contribution in [0.4, 0.5) is 5.82 Å². The molecule has 0 saturated carbocycles. The van der Waals surface area contributed by atoms with Crippen LogP contribution in [0.1, 0.15) is 34.9 Å². The Labute approximate surface area is 198 Å². The Balaban J connectivity index is 1.74. The molecule has 1 atom stereocenters. The van der Waals surface area contributed by atoms with Crippen LogP contribution in [0.2, 0.25) is 10.0 Å². The first-order chi connectivity index (χ1) is 15.3. The number of fused-ring (bicyclic) bond motifs is 1. The number of aryl methyl sites for hydroxylation is 2. The number of anilines is 1. The number of rotatable bonds is 3. The zero-order valence-corrected chi connectivity index (χ0v) is 19.7. The fraction of sp³-hybridized carbons (Fsp3) is 0.148. The fourth-order valence-electron chi connectivity index (χ4n) is 4.29. The van der Waals surface area contributed by atoms with Gasteiger partial charge in [-0.2, -0.15) is 5.10 Å². The Morgan fingerprint density at radius 3 is 2.03 bits per heavy atom. The lowest BCUT2D eigenvalue weighted by molar-refractivity contribution is 0.671. The lowest BCUT2D eigenvalue weighted by atomic mass is 9.82. The van der Waals surface area contributed by atoms with Crippen LogP contribution in [0.3, 0.4) is 0 Å². The van der Waals surface area contributed by atoms with Gasteiger partial charge in [0.2, 0.25) is 0 Å². The minimum absolute atomic E-state index is 0.457. The molecule has 0 aliphatic carbocycles. The normalized spacial score (nSPS) is 17.5. The van der Waals surface area contributed by atoms with Crippen molar-refractivity contribution in [3.05, 3.63) is 117 Å². The summed E-state index contributed by atoms with van der Waals surface area (Å²) in [5, 5.41) is 10.1. The molecule has 3 nitrogen and oxygen atoms in total. The minimum Gasteiger partial charge on any atom is -0.357 e. The van der Waals surface area contributed by atoms with Gasteiger partial charge in [-0.3, -0.25) is 0 Å². The van der Waals surface area contributed by atoms with Crippen LogP contribution < -0.4 is 5.32 Å². The minimum atomic E-state index is -0.457. The van der Waals surface area contributed by atoms with Crippen molar-refractivity contribution in [1.82, 2.24) is 9.78 Å². The molecule has 0 radical (unpaired) electrons. The Kier molecular flexibility index (Phi) is 5.11. The van der Waals surface area contributed by atoms with Crippen molar-refractivity contribution in [2.24, 2.45) is 0 Å². The third-order valence-corrected chi connectivity index (χ3v) is 6.52. The molecule has 32 heavy (non-hydrogen) atoms. The van der Waals surface area contributed by atoms with Gasteiger partial charge in [0.1, 0.15) is 5.82 Å². The van der Waals surface area contributed by atoms with E-state index in [0.29, 0.717) is 0 Å². The molecule has 1 unspecified atom stereocenters. The highest BCUT2D eigenvalue weighted by atomic mass is 35.5. The molecule has 5 rings (SSSR count). The fourth-order valence-corrected chi connectivity index (χ4v) is 4.54. The van der Waals surface area contributed by atoms with Crippen LogP contribution in [-0.2, 0) is 5.54 Å². The van der Waals surface area contributed by atoms with Gasteiger partial charge in [0.15, 0.2) is 0 Å². The van der Waals surface area contributed by atoms with Crippen molar-refractivity contribution in [3.8, 4) is 5.69 Å². The highest BCUT2D eigenvalue weighted by Crippen LogP contribution is 2.44. The maximum atomic E-state index is 6.18. The molecule has 0 bridgehead atoms. The number of aromatic nitrogens is 2. The quantitative estimate of drug-likeness (QED) is 0.342. The van der Waals surface area contributed by atoms with Crippen LogP contribution in [0.25, 0.3) is 11.3 Å². The van der Waals surface area contributed by atoms with Crippen LogP contribution in [0.15, 0.2) is 78.9 Å². The molecular weight excluding hydrogens is 437 g/mol. The zero-order chi connectivity index (χ0) is 22.5. The third-order valence-electron chi connectivity index (χ3n) is 6.02. The van der Waals surface area contributed by atoms with Crippen molar-refractivity contribution >= 4 is 34.6 Å². The monoisotopic (exact) mass is 459 g/mol. The number of hydrogen-bond donors (Lipinski definition) is 1. The lowest BCUT2D eigenvalue weighted by Crippen LogP contribution is -2.34. The van der Waals surface area contributed by atoms with Gasteiger partial charge in [0.25, 0.3) is 0 Å². The van der Waals surface area contributed by atoms with Gasteiger partial charge in [0.05, 0.1) is 16.9 Å². The van der Waals surface area contributed by atoms with Crippen LogP contribution >= 0.6 is 23.2 Å². The summed E-state index contributed by atoms with van der Waals surface area (Å²) >= 11 is 12.4. The predicted molar refractivity (Wildman–Crippen MR) is 134 cm³/mol. The summed E-state index contributed by atoms with van der Waals surface area (Å²) in [7, 11) is 0. The van der Waals surface area contributed by atoms with Gasteiger partial charge in [0, 0.05) is 15.6 Å². The first kappa shape index (κ1) is 20.9. The molecular formula is C27H23Cl2N3. The van der Waals surface area contributed by atoms with Crippen molar-refractivity contribution in [1.29, 1.82) is 0 Å². The number of benzene rings is 3. The van der Waals surface area contributed by atoms with Crippen molar-refractivity contribution in [3.63, 3.8) is 0 Å². The zero-order valence-electron chi connectivity index (χ0n) is 18.2. The molecule has 0 spiro atoms. The SMILES string of the molecule is Cc1ccc(-n2nc(C)c3c2NC(C)(c2ccc(Cl)cc2)C=C3c2ccc(Cl)cc2)cc1. The molecule has 5 heteroatoms. The molecule has 0 saturated heterocycles. The van der Waals surface area contributed by atoms with Gasteiger partial charge in [-0.05, 0) is 79.9 Å². The van der Waals surface area contributed by atoms with E-state index in [1.807, 2.05) is 28.9 Å². The molecule has 2 heterocycles. The number of hydrogen-bond acceptors (Lipinski definition) is 2. The average molecular weight is 460 g/mol. The largest absolute Gasteiger partial charge is 0.357 e. The first-order valence-electron chi connectivity index (χ1n) is 10.5. The van der Waals surface area contributed by atoms with E-state index >= 15 is 0 Å². The van der Waals surface area contributed by atoms with E-state index in [1.54, 1.807) is 0 Å². The summed E-state index contributed by atoms with van der Waals surface area (Å²) in [6, 6.07) is 24.4. The summed E-state index contributed by atoms with van der Waals surface area (Å²) < 4.78 is 2.00. The molecule has 0 fully saturated rings. The number of halogens is 2. The van der Waals surface area contributed by atoms with E-state index in [9.17, 15) is 0 Å². The summed E-state index contributed by atoms with van der Waals surface area (Å²) in [5.74, 6) is 0.969. The van der Waals surface area contributed by atoms with Crippen LogP contribution in [0, 0.1) is 13.8 Å². The van der Waals surface area contributed by atoms with Crippen molar-refractivity contribution in [2.75, 3.05) is 5.32 Å². The Bertz CT molecular complexity index is 1320. The molecule has 0 amide bonds. The van der Waals surface area contributed by atoms with E-state index in [1.165, 1.54) is 5.56 Å². The van der Waals surface area contributed by atoms with E-state index in [4.69, 9.17) is 28.3 Å². The van der Waals surface area contributed by atoms with Gasteiger partial charge in [-0.25, -0.2) is 4.68 Å². The average Bonchev–Trinajstić information content (AvgIpc) is 3.10. The van der Waals surface area contributed by atoms with Gasteiger partial charge >= 0.3 is 0 Å². The van der Waals surface area contributed by atoms with Crippen molar-refractivity contribution in [2.45, 2.75) is 26.3 Å². The molecule has 1 N–H and O–H groups in total. The highest BCUT2D eigenvalue weighted by Gasteiger charge is 2.35.